The van der Waals surface area contributed by atoms with Crippen LogP contribution in [0.4, 0.5) is 4.39 Å². The molecule has 0 radical (unpaired) electrons. The van der Waals surface area contributed by atoms with Gasteiger partial charge >= 0.3 is 0 Å². The zero-order valence-electron chi connectivity index (χ0n) is 14.8. The van der Waals surface area contributed by atoms with E-state index in [1.165, 1.54) is 23.4 Å². The molecule has 3 rings (SSSR count). The minimum absolute atomic E-state index is 0.155. The van der Waals surface area contributed by atoms with E-state index in [2.05, 4.69) is 68.8 Å². The smallest absolute Gasteiger partial charge is 0.123 e. The van der Waals surface area contributed by atoms with Crippen LogP contribution in [0.5, 0.6) is 0 Å². The van der Waals surface area contributed by atoms with Crippen molar-refractivity contribution in [2.45, 2.75) is 39.5 Å². The largest absolute Gasteiger partial charge is 0.320 e. The summed E-state index contributed by atoms with van der Waals surface area (Å²) >= 11 is 0. The molecule has 0 spiro atoms. The lowest BCUT2D eigenvalue weighted by Crippen LogP contribution is -2.11. The van der Waals surface area contributed by atoms with E-state index in [0.717, 1.165) is 23.2 Å². The Morgan fingerprint density at radius 1 is 0.875 bits per heavy atom. The summed E-state index contributed by atoms with van der Waals surface area (Å²) in [6, 6.07) is 17.6. The van der Waals surface area contributed by atoms with Crippen LogP contribution in [-0.2, 0) is 11.8 Å². The van der Waals surface area contributed by atoms with Crippen molar-refractivity contribution >= 4 is 0 Å². The summed E-state index contributed by atoms with van der Waals surface area (Å²) < 4.78 is 15.4. The summed E-state index contributed by atoms with van der Waals surface area (Å²) in [5.74, 6) is -0.200. The molecule has 24 heavy (non-hydrogen) atoms. The van der Waals surface area contributed by atoms with Crippen LogP contribution in [0, 0.1) is 5.82 Å². The van der Waals surface area contributed by atoms with Crippen LogP contribution in [0.1, 0.15) is 39.0 Å². The number of benzene rings is 2. The molecule has 1 nitrogen and oxygen atoms in total. The molecule has 0 bridgehead atoms. The number of halogens is 1. The Labute approximate surface area is 143 Å². The van der Waals surface area contributed by atoms with E-state index in [1.54, 1.807) is 0 Å². The van der Waals surface area contributed by atoms with Gasteiger partial charge in [-0.2, -0.15) is 0 Å². The van der Waals surface area contributed by atoms with Crippen molar-refractivity contribution in [3.8, 4) is 16.8 Å². The molecule has 3 aromatic rings. The van der Waals surface area contributed by atoms with Gasteiger partial charge in [0.1, 0.15) is 5.82 Å². The average Bonchev–Trinajstić information content (AvgIpc) is 2.98. The third-order valence-electron chi connectivity index (χ3n) is 4.49. The minimum atomic E-state index is -0.200. The fourth-order valence-corrected chi connectivity index (χ4v) is 3.08. The Morgan fingerprint density at radius 2 is 1.50 bits per heavy atom. The topological polar surface area (TPSA) is 4.93 Å². The summed E-state index contributed by atoms with van der Waals surface area (Å²) in [5, 5.41) is 0. The van der Waals surface area contributed by atoms with Crippen molar-refractivity contribution in [2.75, 3.05) is 0 Å². The van der Waals surface area contributed by atoms with E-state index in [-0.39, 0.29) is 11.2 Å². The Morgan fingerprint density at radius 3 is 2.04 bits per heavy atom. The highest BCUT2D eigenvalue weighted by atomic mass is 19.1. The first kappa shape index (κ1) is 16.5. The standard InChI is InChI=1S/C22H24FN/c1-5-21-20(16-6-10-18(23)11-7-16)14-15-24(21)19-12-8-17(9-13-19)22(2,3)4/h6-15H,5H2,1-4H3. The fourth-order valence-electron chi connectivity index (χ4n) is 3.08. The van der Waals surface area contributed by atoms with Gasteiger partial charge in [0.2, 0.25) is 0 Å². The summed E-state index contributed by atoms with van der Waals surface area (Å²) in [7, 11) is 0. The zero-order chi connectivity index (χ0) is 17.3. The first-order chi connectivity index (χ1) is 11.4. The second-order valence-electron chi connectivity index (χ2n) is 7.20. The highest BCUT2D eigenvalue weighted by Gasteiger charge is 2.14. The molecule has 0 aliphatic carbocycles. The van der Waals surface area contributed by atoms with Gasteiger partial charge in [-0.25, -0.2) is 4.39 Å². The quantitative estimate of drug-likeness (QED) is 0.546. The van der Waals surface area contributed by atoms with Gasteiger partial charge in [-0.05, 0) is 53.3 Å². The highest BCUT2D eigenvalue weighted by Crippen LogP contribution is 2.29. The molecule has 0 aliphatic heterocycles. The molecule has 124 valence electrons. The molecule has 1 heterocycles. The number of aromatic nitrogens is 1. The SMILES string of the molecule is CCc1c(-c2ccc(F)cc2)ccn1-c1ccc(C(C)(C)C)cc1. The van der Waals surface area contributed by atoms with Gasteiger partial charge in [0.15, 0.2) is 0 Å². The Kier molecular flexibility index (Phi) is 4.31. The monoisotopic (exact) mass is 321 g/mol. The van der Waals surface area contributed by atoms with Crippen LogP contribution in [0.15, 0.2) is 60.8 Å². The second-order valence-corrected chi connectivity index (χ2v) is 7.20. The lowest BCUT2D eigenvalue weighted by Gasteiger charge is -2.19. The predicted molar refractivity (Wildman–Crippen MR) is 99.2 cm³/mol. The van der Waals surface area contributed by atoms with Gasteiger partial charge in [-0.3, -0.25) is 0 Å². The number of hydrogen-bond donors (Lipinski definition) is 0. The lowest BCUT2D eigenvalue weighted by atomic mass is 9.87. The van der Waals surface area contributed by atoms with Gasteiger partial charge in [0, 0.05) is 23.1 Å². The average molecular weight is 321 g/mol. The number of rotatable bonds is 3. The highest BCUT2D eigenvalue weighted by molar-refractivity contribution is 5.67. The molecule has 0 saturated carbocycles. The first-order valence-corrected chi connectivity index (χ1v) is 8.47. The Bertz CT molecular complexity index is 818. The fraction of sp³-hybridized carbons (Fsp3) is 0.273. The van der Waals surface area contributed by atoms with E-state index in [0.29, 0.717) is 0 Å². The van der Waals surface area contributed by atoms with Gasteiger partial charge in [-0.1, -0.05) is 52.0 Å². The van der Waals surface area contributed by atoms with Crippen LogP contribution in [0.3, 0.4) is 0 Å². The van der Waals surface area contributed by atoms with Crippen molar-refractivity contribution in [3.05, 3.63) is 77.9 Å². The predicted octanol–water partition coefficient (Wildman–Crippen LogP) is 6.14. The van der Waals surface area contributed by atoms with Gasteiger partial charge in [0.25, 0.3) is 0 Å². The minimum Gasteiger partial charge on any atom is -0.320 e. The van der Waals surface area contributed by atoms with E-state index in [9.17, 15) is 4.39 Å². The molecule has 0 aliphatic rings. The maximum atomic E-state index is 13.2. The molecule has 2 aromatic carbocycles. The van der Waals surface area contributed by atoms with Crippen LogP contribution in [0.2, 0.25) is 0 Å². The van der Waals surface area contributed by atoms with Crippen LogP contribution >= 0.6 is 0 Å². The summed E-state index contributed by atoms with van der Waals surface area (Å²) in [5.41, 5.74) is 6.10. The lowest BCUT2D eigenvalue weighted by molar-refractivity contribution is 0.590. The van der Waals surface area contributed by atoms with Gasteiger partial charge < -0.3 is 4.57 Å². The van der Waals surface area contributed by atoms with Gasteiger partial charge in [0.05, 0.1) is 0 Å². The first-order valence-electron chi connectivity index (χ1n) is 8.47. The van der Waals surface area contributed by atoms with Crippen LogP contribution in [0.25, 0.3) is 16.8 Å². The van der Waals surface area contributed by atoms with E-state index >= 15 is 0 Å². The Hall–Kier alpha value is -2.35. The van der Waals surface area contributed by atoms with Crippen molar-refractivity contribution < 1.29 is 4.39 Å². The summed E-state index contributed by atoms with van der Waals surface area (Å²) in [6.45, 7) is 8.83. The maximum Gasteiger partial charge on any atom is 0.123 e. The molecule has 1 aromatic heterocycles. The molecule has 0 unspecified atom stereocenters. The maximum absolute atomic E-state index is 13.2. The third-order valence-corrected chi connectivity index (χ3v) is 4.49. The van der Waals surface area contributed by atoms with E-state index in [1.807, 2.05) is 12.1 Å². The van der Waals surface area contributed by atoms with Crippen molar-refractivity contribution in [1.82, 2.24) is 4.57 Å². The molecular formula is C22H24FN. The van der Waals surface area contributed by atoms with E-state index < -0.39 is 0 Å². The van der Waals surface area contributed by atoms with Crippen molar-refractivity contribution in [2.24, 2.45) is 0 Å². The zero-order valence-corrected chi connectivity index (χ0v) is 14.8. The van der Waals surface area contributed by atoms with Crippen LogP contribution < -0.4 is 0 Å². The van der Waals surface area contributed by atoms with Gasteiger partial charge in [-0.15, -0.1) is 0 Å². The van der Waals surface area contributed by atoms with E-state index in [4.69, 9.17) is 0 Å². The molecule has 0 fully saturated rings. The molecule has 0 amide bonds. The summed E-state index contributed by atoms with van der Waals surface area (Å²) in [4.78, 5) is 0. The summed E-state index contributed by atoms with van der Waals surface area (Å²) in [6.07, 6.45) is 3.02. The van der Waals surface area contributed by atoms with Crippen molar-refractivity contribution in [3.63, 3.8) is 0 Å². The van der Waals surface area contributed by atoms with Crippen molar-refractivity contribution in [1.29, 1.82) is 0 Å². The molecular weight excluding hydrogens is 297 g/mol. The third kappa shape index (κ3) is 3.14. The molecule has 0 atom stereocenters. The number of nitrogens with zero attached hydrogens (tertiary/aromatic N) is 1. The second kappa shape index (κ2) is 6.27. The molecule has 0 N–H and O–H groups in total. The van der Waals surface area contributed by atoms with Crippen LogP contribution in [-0.4, -0.2) is 4.57 Å². The number of hydrogen-bond acceptors (Lipinski definition) is 0. The normalized spacial score (nSPS) is 11.7. The Balaban J connectivity index is 2.02. The molecule has 0 saturated heterocycles. The molecule has 2 heteroatoms.